The van der Waals surface area contributed by atoms with Gasteiger partial charge in [0, 0.05) is 10.5 Å². The highest BCUT2D eigenvalue weighted by molar-refractivity contribution is 9.10. The van der Waals surface area contributed by atoms with Crippen LogP contribution < -0.4 is 0 Å². The Morgan fingerprint density at radius 2 is 2.23 bits per heavy atom. The minimum atomic E-state index is -0.504. The first kappa shape index (κ1) is 10.1. The van der Waals surface area contributed by atoms with Crippen molar-refractivity contribution in [1.82, 2.24) is 0 Å². The van der Waals surface area contributed by atoms with Gasteiger partial charge in [0.25, 0.3) is 5.69 Å². The number of aliphatic hydroxyl groups is 1. The summed E-state index contributed by atoms with van der Waals surface area (Å²) >= 11 is 3.19. The predicted molar refractivity (Wildman–Crippen MR) is 51.5 cm³/mol. The molecule has 70 valence electrons. The molecule has 0 spiro atoms. The second kappa shape index (κ2) is 3.85. The molecule has 0 atom stereocenters. The molecule has 0 aliphatic carbocycles. The van der Waals surface area contributed by atoms with Crippen LogP contribution in [0.2, 0.25) is 0 Å². The number of aliphatic hydroxyl groups excluding tert-OH is 1. The molecule has 5 heteroatoms. The highest BCUT2D eigenvalue weighted by atomic mass is 79.9. The zero-order valence-electron chi connectivity index (χ0n) is 6.95. The molecule has 13 heavy (non-hydrogen) atoms. The van der Waals surface area contributed by atoms with E-state index in [9.17, 15) is 10.1 Å². The maximum atomic E-state index is 10.5. The molecule has 0 aliphatic heterocycles. The third-order valence-corrected chi connectivity index (χ3v) is 2.58. The molecular weight excluding hydrogens is 238 g/mol. The average molecular weight is 246 g/mol. The van der Waals surface area contributed by atoms with E-state index in [-0.39, 0.29) is 12.3 Å². The Balaban J connectivity index is 3.33. The molecular formula is C8H8BrNO3. The smallest absolute Gasteiger partial charge is 0.276 e. The van der Waals surface area contributed by atoms with Gasteiger partial charge in [-0.3, -0.25) is 10.1 Å². The normalized spacial score (nSPS) is 10.1. The highest BCUT2D eigenvalue weighted by Gasteiger charge is 2.14. The van der Waals surface area contributed by atoms with E-state index in [4.69, 9.17) is 5.11 Å². The van der Waals surface area contributed by atoms with Crippen LogP contribution in [0.1, 0.15) is 11.1 Å². The van der Waals surface area contributed by atoms with Gasteiger partial charge in [0.15, 0.2) is 0 Å². The number of hydrogen-bond donors (Lipinski definition) is 1. The Kier molecular flexibility index (Phi) is 3.00. The number of nitro groups is 1. The van der Waals surface area contributed by atoms with E-state index in [2.05, 4.69) is 15.9 Å². The van der Waals surface area contributed by atoms with Gasteiger partial charge in [0.2, 0.25) is 0 Å². The van der Waals surface area contributed by atoms with Crippen LogP contribution in [-0.2, 0) is 6.61 Å². The van der Waals surface area contributed by atoms with Crippen molar-refractivity contribution in [2.75, 3.05) is 0 Å². The van der Waals surface area contributed by atoms with Crippen molar-refractivity contribution in [3.05, 3.63) is 37.8 Å². The van der Waals surface area contributed by atoms with Gasteiger partial charge in [-0.1, -0.05) is 15.9 Å². The van der Waals surface area contributed by atoms with Crippen LogP contribution in [0.3, 0.4) is 0 Å². The minimum absolute atomic E-state index is 0.0556. The summed E-state index contributed by atoms with van der Waals surface area (Å²) < 4.78 is 0.677. The lowest BCUT2D eigenvalue weighted by molar-refractivity contribution is -0.385. The molecule has 1 aromatic rings. The summed E-state index contributed by atoms with van der Waals surface area (Å²) in [7, 11) is 0. The lowest BCUT2D eigenvalue weighted by atomic mass is 10.1. The zero-order chi connectivity index (χ0) is 10.0. The van der Waals surface area contributed by atoms with Gasteiger partial charge in [-0.15, -0.1) is 0 Å². The maximum absolute atomic E-state index is 10.5. The summed E-state index contributed by atoms with van der Waals surface area (Å²) in [6, 6.07) is 3.00. The molecule has 1 N–H and O–H groups in total. The van der Waals surface area contributed by atoms with E-state index in [1.54, 1.807) is 6.07 Å². The lowest BCUT2D eigenvalue weighted by Crippen LogP contribution is -1.96. The van der Waals surface area contributed by atoms with Crippen molar-refractivity contribution < 1.29 is 10.0 Å². The van der Waals surface area contributed by atoms with Crippen molar-refractivity contribution >= 4 is 21.6 Å². The number of hydrogen-bond acceptors (Lipinski definition) is 3. The van der Waals surface area contributed by atoms with E-state index in [1.807, 2.05) is 6.92 Å². The fraction of sp³-hybridized carbons (Fsp3) is 0.250. The molecule has 0 saturated heterocycles. The van der Waals surface area contributed by atoms with Gasteiger partial charge in [-0.05, 0) is 18.6 Å². The second-order valence-corrected chi connectivity index (χ2v) is 3.50. The first-order valence-electron chi connectivity index (χ1n) is 3.60. The molecule has 0 aromatic heterocycles. The van der Waals surface area contributed by atoms with E-state index in [0.29, 0.717) is 10.0 Å². The van der Waals surface area contributed by atoms with Crippen LogP contribution in [-0.4, -0.2) is 10.0 Å². The van der Waals surface area contributed by atoms with Crippen molar-refractivity contribution in [2.24, 2.45) is 0 Å². The predicted octanol–water partition coefficient (Wildman–Crippen LogP) is 2.16. The molecule has 0 unspecified atom stereocenters. The molecule has 1 rings (SSSR count). The number of aryl methyl sites for hydroxylation is 1. The van der Waals surface area contributed by atoms with Gasteiger partial charge < -0.3 is 5.11 Å². The summed E-state index contributed by atoms with van der Waals surface area (Å²) in [5.41, 5.74) is 1.15. The monoisotopic (exact) mass is 245 g/mol. The van der Waals surface area contributed by atoms with E-state index < -0.39 is 4.92 Å². The first-order valence-corrected chi connectivity index (χ1v) is 4.40. The highest BCUT2D eigenvalue weighted by Crippen LogP contribution is 2.26. The van der Waals surface area contributed by atoms with E-state index in [0.717, 1.165) is 5.56 Å². The zero-order valence-corrected chi connectivity index (χ0v) is 8.54. The summed E-state index contributed by atoms with van der Waals surface area (Å²) in [4.78, 5) is 10.0. The van der Waals surface area contributed by atoms with Crippen molar-refractivity contribution in [3.8, 4) is 0 Å². The topological polar surface area (TPSA) is 63.4 Å². The standard InChI is InChI=1S/C8H8BrNO3/c1-5-2-6(4-11)8(10(12)13)3-7(5)9/h2-3,11H,4H2,1H3. The molecule has 1 aromatic carbocycles. The third kappa shape index (κ3) is 2.05. The van der Waals surface area contributed by atoms with Crippen molar-refractivity contribution in [2.45, 2.75) is 13.5 Å². The quantitative estimate of drug-likeness (QED) is 0.642. The number of nitrogens with zero attached hydrogens (tertiary/aromatic N) is 1. The maximum Gasteiger partial charge on any atom is 0.276 e. The van der Waals surface area contributed by atoms with Crippen LogP contribution in [0, 0.1) is 17.0 Å². The van der Waals surface area contributed by atoms with Crippen LogP contribution >= 0.6 is 15.9 Å². The van der Waals surface area contributed by atoms with Crippen LogP contribution in [0.25, 0.3) is 0 Å². The Hall–Kier alpha value is -0.940. The third-order valence-electron chi connectivity index (χ3n) is 1.73. The summed E-state index contributed by atoms with van der Waals surface area (Å²) in [6.45, 7) is 1.50. The molecule has 0 aliphatic rings. The molecule has 0 amide bonds. The first-order chi connectivity index (χ1) is 6.06. The minimum Gasteiger partial charge on any atom is -0.391 e. The Morgan fingerprint density at radius 1 is 1.62 bits per heavy atom. The Morgan fingerprint density at radius 3 is 2.69 bits per heavy atom. The number of benzene rings is 1. The van der Waals surface area contributed by atoms with Gasteiger partial charge in [0.05, 0.1) is 17.1 Å². The van der Waals surface area contributed by atoms with Gasteiger partial charge in [-0.2, -0.15) is 0 Å². The Bertz CT molecular complexity index is 351. The average Bonchev–Trinajstić information content (AvgIpc) is 2.08. The summed E-state index contributed by atoms with van der Waals surface area (Å²) in [6.07, 6.45) is 0. The van der Waals surface area contributed by atoms with Crippen LogP contribution in [0.5, 0.6) is 0 Å². The number of nitro benzene ring substituents is 1. The van der Waals surface area contributed by atoms with Gasteiger partial charge >= 0.3 is 0 Å². The summed E-state index contributed by atoms with van der Waals surface area (Å²) in [5.74, 6) is 0. The van der Waals surface area contributed by atoms with Crippen LogP contribution in [0.4, 0.5) is 5.69 Å². The molecule has 0 radical (unpaired) electrons. The number of rotatable bonds is 2. The fourth-order valence-electron chi connectivity index (χ4n) is 1.03. The van der Waals surface area contributed by atoms with Crippen molar-refractivity contribution in [3.63, 3.8) is 0 Å². The molecule has 0 fully saturated rings. The SMILES string of the molecule is Cc1cc(CO)c([N+](=O)[O-])cc1Br. The van der Waals surface area contributed by atoms with Gasteiger partial charge in [-0.25, -0.2) is 0 Å². The molecule has 0 heterocycles. The second-order valence-electron chi connectivity index (χ2n) is 2.65. The van der Waals surface area contributed by atoms with Crippen molar-refractivity contribution in [1.29, 1.82) is 0 Å². The lowest BCUT2D eigenvalue weighted by Gasteiger charge is -2.02. The van der Waals surface area contributed by atoms with Crippen LogP contribution in [0.15, 0.2) is 16.6 Å². The number of halogens is 1. The fourth-order valence-corrected chi connectivity index (χ4v) is 1.36. The van der Waals surface area contributed by atoms with Gasteiger partial charge in [0.1, 0.15) is 0 Å². The largest absolute Gasteiger partial charge is 0.391 e. The van der Waals surface area contributed by atoms with E-state index >= 15 is 0 Å². The molecule has 0 saturated carbocycles. The summed E-state index contributed by atoms with van der Waals surface area (Å²) in [5, 5.41) is 19.4. The Labute approximate surface area is 83.5 Å². The molecule has 4 nitrogen and oxygen atoms in total. The molecule has 0 bridgehead atoms. The van der Waals surface area contributed by atoms with E-state index in [1.165, 1.54) is 6.07 Å².